The predicted octanol–water partition coefficient (Wildman–Crippen LogP) is 2.68. The summed E-state index contributed by atoms with van der Waals surface area (Å²) in [7, 11) is 0. The molecule has 2 N–H and O–H groups in total. The van der Waals surface area contributed by atoms with Crippen LogP contribution < -0.4 is 12.4 Å². The zero-order chi connectivity index (χ0) is 24.5. The molecule has 36 heavy (non-hydrogen) atoms. The zero-order valence-corrected chi connectivity index (χ0v) is 21.7. The molecule has 1 heterocycles. The van der Waals surface area contributed by atoms with Crippen LogP contribution in [0.5, 0.6) is 0 Å². The van der Waals surface area contributed by atoms with Crippen LogP contribution in [0.2, 0.25) is 0 Å². The highest BCUT2D eigenvalue weighted by Crippen LogP contribution is 2.38. The second kappa shape index (κ2) is 14.5. The first kappa shape index (κ1) is 28.4. The Labute approximate surface area is 221 Å². The number of aliphatic hydroxyl groups is 1. The molecule has 2 aromatic carbocycles. The first-order valence-electron chi connectivity index (χ1n) is 13.2. The normalized spacial score (nSPS) is 24.6. The van der Waals surface area contributed by atoms with Gasteiger partial charge in [0, 0.05) is 24.8 Å². The zero-order valence-electron chi connectivity index (χ0n) is 21.0. The lowest BCUT2D eigenvalue weighted by Gasteiger charge is -2.38. The van der Waals surface area contributed by atoms with E-state index in [0.29, 0.717) is 19.4 Å². The summed E-state index contributed by atoms with van der Waals surface area (Å²) in [5, 5.41) is 19.9. The summed E-state index contributed by atoms with van der Waals surface area (Å²) < 4.78 is 6.46. The van der Waals surface area contributed by atoms with Crippen molar-refractivity contribution in [2.45, 2.75) is 76.2 Å². The van der Waals surface area contributed by atoms with Gasteiger partial charge >= 0.3 is 5.97 Å². The smallest absolute Gasteiger partial charge is 0.303 e. The largest absolute Gasteiger partial charge is 1.00 e. The van der Waals surface area contributed by atoms with E-state index in [1.807, 2.05) is 12.1 Å². The highest BCUT2D eigenvalue weighted by Gasteiger charge is 2.45. The Bertz CT molecular complexity index is 943. The number of aliphatic carboxylic acids is 1. The molecule has 0 aromatic heterocycles. The summed E-state index contributed by atoms with van der Waals surface area (Å²) in [6.07, 6.45) is 10.6. The quantitative estimate of drug-likeness (QED) is 0.453. The minimum atomic E-state index is -0.760. The number of piperidine rings is 1. The summed E-state index contributed by atoms with van der Waals surface area (Å²) in [5.74, 6) is -0.486. The fourth-order valence-electron chi connectivity index (χ4n) is 5.69. The van der Waals surface area contributed by atoms with Gasteiger partial charge in [0.15, 0.2) is 0 Å². The van der Waals surface area contributed by atoms with Gasteiger partial charge in [0.25, 0.3) is 0 Å². The molecule has 4 rings (SSSR count). The fraction of sp³-hybridized carbons (Fsp3) is 0.500. The molecule has 1 aliphatic carbocycles. The van der Waals surface area contributed by atoms with Crippen molar-refractivity contribution < 1.29 is 32.2 Å². The predicted molar refractivity (Wildman–Crippen MR) is 139 cm³/mol. The minimum absolute atomic E-state index is 0. The Morgan fingerprint density at radius 1 is 0.944 bits per heavy atom. The maximum absolute atomic E-state index is 11.0. The number of halogens is 1. The molecule has 2 aliphatic rings. The lowest BCUT2D eigenvalue weighted by molar-refractivity contribution is -0.136. The van der Waals surface area contributed by atoms with E-state index in [9.17, 15) is 9.90 Å². The monoisotopic (exact) mass is 512 g/mol. The molecule has 0 spiro atoms. The number of benzene rings is 2. The second-order valence-electron chi connectivity index (χ2n) is 9.95. The van der Waals surface area contributed by atoms with Crippen molar-refractivity contribution in [3.05, 3.63) is 72.3 Å². The summed E-state index contributed by atoms with van der Waals surface area (Å²) >= 11 is 0. The lowest BCUT2D eigenvalue weighted by Crippen LogP contribution is -3.00. The molecule has 196 valence electrons. The topological polar surface area (TPSA) is 70.0 Å². The van der Waals surface area contributed by atoms with Crippen LogP contribution in [-0.2, 0) is 16.1 Å². The number of hydrogen-bond acceptors (Lipinski definition) is 4. The van der Waals surface area contributed by atoms with E-state index in [2.05, 4.69) is 59.5 Å². The van der Waals surface area contributed by atoms with E-state index in [1.165, 1.54) is 30.4 Å². The van der Waals surface area contributed by atoms with Gasteiger partial charge in [-0.3, -0.25) is 9.69 Å². The maximum Gasteiger partial charge on any atom is 0.303 e. The van der Waals surface area contributed by atoms with Crippen molar-refractivity contribution in [1.29, 1.82) is 0 Å². The molecule has 1 aliphatic heterocycles. The van der Waals surface area contributed by atoms with Crippen LogP contribution in [0.1, 0.15) is 56.9 Å². The molecular formula is C30H39ClNO4-. The highest BCUT2D eigenvalue weighted by atomic mass is 35.5. The number of ether oxygens (including phenoxy) is 1. The summed E-state index contributed by atoms with van der Waals surface area (Å²) in [4.78, 5) is 13.2. The Morgan fingerprint density at radius 2 is 1.61 bits per heavy atom. The lowest BCUT2D eigenvalue weighted by atomic mass is 9.92. The SMILES string of the molecule is O=C(O)CC/C=C\CC[C@@H]1[C@@H](N2CCCCC2)[C@@H](O)C[C@@H]1OCc1ccc(-c2ccccc2)cc1.[Cl-]. The summed E-state index contributed by atoms with van der Waals surface area (Å²) in [6, 6.07) is 19.1. The van der Waals surface area contributed by atoms with Gasteiger partial charge in [0.05, 0.1) is 18.8 Å². The number of carbonyl (C=O) groups is 1. The first-order chi connectivity index (χ1) is 17.1. The number of carboxylic acid groups (broad SMARTS) is 1. The molecule has 1 saturated carbocycles. The number of hydrogen-bond donors (Lipinski definition) is 2. The van der Waals surface area contributed by atoms with Gasteiger partial charge in [0.1, 0.15) is 0 Å². The third kappa shape index (κ3) is 7.91. The molecule has 1 saturated heterocycles. The van der Waals surface area contributed by atoms with Gasteiger partial charge in [-0.25, -0.2) is 0 Å². The maximum atomic E-state index is 11.0. The van der Waals surface area contributed by atoms with E-state index < -0.39 is 5.97 Å². The van der Waals surface area contributed by atoms with E-state index >= 15 is 0 Å². The van der Waals surface area contributed by atoms with E-state index in [1.54, 1.807) is 0 Å². The molecule has 0 bridgehead atoms. The van der Waals surface area contributed by atoms with Crippen molar-refractivity contribution in [3.63, 3.8) is 0 Å². The molecule has 2 aromatic rings. The summed E-state index contributed by atoms with van der Waals surface area (Å²) in [6.45, 7) is 2.66. The van der Waals surface area contributed by atoms with Gasteiger partial charge in [-0.05, 0) is 61.9 Å². The van der Waals surface area contributed by atoms with Crippen molar-refractivity contribution in [2.24, 2.45) is 5.92 Å². The second-order valence-corrected chi connectivity index (χ2v) is 9.95. The van der Waals surface area contributed by atoms with Gasteiger partial charge in [-0.1, -0.05) is 73.2 Å². The fourth-order valence-corrected chi connectivity index (χ4v) is 5.69. The van der Waals surface area contributed by atoms with E-state index in [-0.39, 0.29) is 43.0 Å². The van der Waals surface area contributed by atoms with Gasteiger partial charge < -0.3 is 27.4 Å². The van der Waals surface area contributed by atoms with Crippen LogP contribution >= 0.6 is 0 Å². The standard InChI is InChI=1S/C30H39NO4.ClH/c32-27-21-28(35-22-23-15-17-25(18-16-23)24-11-5-3-6-12-24)26(13-7-1-2-8-14-29(33)34)30(27)31-19-9-4-10-20-31;/h1-3,5-6,11-12,15-18,26-28,30,32H,4,7-10,13-14,19-22H2,(H,33,34);1H/p-1/b2-1-;/t26-,27-,28-,30+;/m0./s1. The first-order valence-corrected chi connectivity index (χ1v) is 13.2. The molecule has 6 heteroatoms. The van der Waals surface area contributed by atoms with Crippen LogP contribution in [0, 0.1) is 5.92 Å². The number of allylic oxidation sites excluding steroid dienone is 2. The van der Waals surface area contributed by atoms with E-state index in [4.69, 9.17) is 9.84 Å². The third-order valence-electron chi connectivity index (χ3n) is 7.48. The molecule has 2 fully saturated rings. The Hall–Kier alpha value is -2.18. The average molecular weight is 513 g/mol. The Morgan fingerprint density at radius 3 is 2.31 bits per heavy atom. The van der Waals surface area contributed by atoms with Crippen LogP contribution in [0.3, 0.4) is 0 Å². The molecule has 0 amide bonds. The number of aliphatic hydroxyl groups excluding tert-OH is 1. The Balaban J connectivity index is 0.00000361. The average Bonchev–Trinajstić information content (AvgIpc) is 3.20. The van der Waals surface area contributed by atoms with Gasteiger partial charge in [-0.15, -0.1) is 0 Å². The van der Waals surface area contributed by atoms with Crippen molar-refractivity contribution >= 4 is 5.97 Å². The number of rotatable bonds is 11. The van der Waals surface area contributed by atoms with Crippen LogP contribution in [0.4, 0.5) is 0 Å². The van der Waals surface area contributed by atoms with Crippen molar-refractivity contribution in [3.8, 4) is 11.1 Å². The van der Waals surface area contributed by atoms with Gasteiger partial charge in [-0.2, -0.15) is 0 Å². The number of carboxylic acids is 1. The number of likely N-dealkylation sites (tertiary alicyclic amines) is 1. The van der Waals surface area contributed by atoms with Crippen LogP contribution in [0.15, 0.2) is 66.7 Å². The molecular weight excluding hydrogens is 474 g/mol. The van der Waals surface area contributed by atoms with E-state index in [0.717, 1.165) is 31.5 Å². The molecule has 0 unspecified atom stereocenters. The van der Waals surface area contributed by atoms with Crippen LogP contribution in [0.25, 0.3) is 11.1 Å². The minimum Gasteiger partial charge on any atom is -1.00 e. The number of nitrogens with zero attached hydrogens (tertiary/aromatic N) is 1. The van der Waals surface area contributed by atoms with Crippen molar-refractivity contribution in [2.75, 3.05) is 13.1 Å². The summed E-state index contributed by atoms with van der Waals surface area (Å²) in [5.41, 5.74) is 3.55. The molecule has 0 radical (unpaired) electrons. The van der Waals surface area contributed by atoms with Crippen molar-refractivity contribution in [1.82, 2.24) is 4.90 Å². The molecule has 4 atom stereocenters. The van der Waals surface area contributed by atoms with Crippen LogP contribution in [-0.4, -0.2) is 52.4 Å². The van der Waals surface area contributed by atoms with Gasteiger partial charge in [0.2, 0.25) is 0 Å². The Kier molecular flexibility index (Phi) is 11.5. The molecule has 5 nitrogen and oxygen atoms in total. The highest BCUT2D eigenvalue weighted by molar-refractivity contribution is 5.66. The third-order valence-corrected chi connectivity index (χ3v) is 7.48.